The van der Waals surface area contributed by atoms with Gasteiger partial charge in [0.15, 0.2) is 0 Å². The maximum absolute atomic E-state index is 11.8. The minimum atomic E-state index is -0.0195. The van der Waals surface area contributed by atoms with Crippen LogP contribution in [0.25, 0.3) is 0 Å². The molecule has 4 nitrogen and oxygen atoms in total. The zero-order valence-electron chi connectivity index (χ0n) is 11.8. The van der Waals surface area contributed by atoms with E-state index in [1.165, 1.54) is 0 Å². The van der Waals surface area contributed by atoms with Gasteiger partial charge >= 0.3 is 0 Å². The van der Waals surface area contributed by atoms with Gasteiger partial charge in [-0.3, -0.25) is 4.79 Å². The summed E-state index contributed by atoms with van der Waals surface area (Å²) in [4.78, 5) is 14.0. The number of likely N-dealkylation sites (N-methyl/N-ethyl adjacent to an activating group) is 1. The van der Waals surface area contributed by atoms with Gasteiger partial charge in [0.05, 0.1) is 5.92 Å². The third-order valence-corrected chi connectivity index (χ3v) is 3.40. The largest absolute Gasteiger partial charge is 0.355 e. The third-order valence-electron chi connectivity index (χ3n) is 3.40. The van der Waals surface area contributed by atoms with Gasteiger partial charge in [-0.2, -0.15) is 0 Å². The highest BCUT2D eigenvalue weighted by Gasteiger charge is 2.15. The summed E-state index contributed by atoms with van der Waals surface area (Å²) in [5, 5.41) is 2.97. The second kappa shape index (κ2) is 9.42. The van der Waals surface area contributed by atoms with Crippen molar-refractivity contribution >= 4 is 5.91 Å². The molecule has 0 aliphatic rings. The highest BCUT2D eigenvalue weighted by molar-refractivity contribution is 5.78. The lowest BCUT2D eigenvalue weighted by Crippen LogP contribution is -2.40. The standard InChI is InChI=1S/C13H29N3O/c1-5-7-12(10-14)13(17)15-8-9-16(4)11(3)6-2/h11-12H,5-10,14H2,1-4H3,(H,15,17). The van der Waals surface area contributed by atoms with Crippen molar-refractivity contribution < 1.29 is 4.79 Å². The van der Waals surface area contributed by atoms with Crippen LogP contribution in [-0.2, 0) is 4.79 Å². The van der Waals surface area contributed by atoms with Crippen LogP contribution in [0, 0.1) is 5.92 Å². The molecule has 0 aromatic heterocycles. The second-order valence-electron chi connectivity index (χ2n) is 4.75. The van der Waals surface area contributed by atoms with Crippen molar-refractivity contribution in [3.05, 3.63) is 0 Å². The molecule has 17 heavy (non-hydrogen) atoms. The zero-order chi connectivity index (χ0) is 13.3. The molecule has 102 valence electrons. The molecule has 0 aromatic rings. The molecule has 0 saturated carbocycles. The van der Waals surface area contributed by atoms with Crippen LogP contribution in [0.4, 0.5) is 0 Å². The van der Waals surface area contributed by atoms with Crippen LogP contribution in [0.3, 0.4) is 0 Å². The molecule has 0 fully saturated rings. The molecule has 0 aliphatic heterocycles. The summed E-state index contributed by atoms with van der Waals surface area (Å²) in [6.45, 7) is 8.49. The third kappa shape index (κ3) is 6.64. The summed E-state index contributed by atoms with van der Waals surface area (Å²) in [5.41, 5.74) is 5.59. The molecule has 0 radical (unpaired) electrons. The number of hydrogen-bond acceptors (Lipinski definition) is 3. The molecule has 0 aromatic carbocycles. The van der Waals surface area contributed by atoms with Crippen molar-refractivity contribution in [2.24, 2.45) is 11.7 Å². The van der Waals surface area contributed by atoms with E-state index in [1.54, 1.807) is 0 Å². The quantitative estimate of drug-likeness (QED) is 0.640. The number of rotatable bonds is 9. The second-order valence-corrected chi connectivity index (χ2v) is 4.75. The Morgan fingerprint density at radius 1 is 1.41 bits per heavy atom. The molecule has 0 bridgehead atoms. The molecule has 0 saturated heterocycles. The average Bonchev–Trinajstić information content (AvgIpc) is 2.34. The Balaban J connectivity index is 3.83. The van der Waals surface area contributed by atoms with Crippen LogP contribution in [0.5, 0.6) is 0 Å². The Labute approximate surface area is 106 Å². The summed E-state index contributed by atoms with van der Waals surface area (Å²) in [6.07, 6.45) is 3.01. The molecule has 3 N–H and O–H groups in total. The zero-order valence-corrected chi connectivity index (χ0v) is 11.8. The predicted octanol–water partition coefficient (Wildman–Crippen LogP) is 1.21. The summed E-state index contributed by atoms with van der Waals surface area (Å²) < 4.78 is 0. The lowest BCUT2D eigenvalue weighted by Gasteiger charge is -2.24. The van der Waals surface area contributed by atoms with E-state index in [2.05, 4.69) is 38.0 Å². The monoisotopic (exact) mass is 243 g/mol. The molecule has 0 rings (SSSR count). The first-order chi connectivity index (χ1) is 8.06. The van der Waals surface area contributed by atoms with Crippen molar-refractivity contribution in [3.8, 4) is 0 Å². The number of carbonyl (C=O) groups excluding carboxylic acids is 1. The molecule has 0 heterocycles. The van der Waals surface area contributed by atoms with Crippen LogP contribution >= 0.6 is 0 Å². The van der Waals surface area contributed by atoms with E-state index >= 15 is 0 Å². The van der Waals surface area contributed by atoms with Gasteiger partial charge in [-0.1, -0.05) is 20.3 Å². The number of nitrogens with zero attached hydrogens (tertiary/aromatic N) is 1. The number of amides is 1. The van der Waals surface area contributed by atoms with E-state index in [1.807, 2.05) is 0 Å². The van der Waals surface area contributed by atoms with Gasteiger partial charge in [0.2, 0.25) is 5.91 Å². The molecule has 4 heteroatoms. The maximum atomic E-state index is 11.8. The van der Waals surface area contributed by atoms with E-state index in [9.17, 15) is 4.79 Å². The van der Waals surface area contributed by atoms with E-state index in [4.69, 9.17) is 5.73 Å². The number of nitrogens with two attached hydrogens (primary N) is 1. The lowest BCUT2D eigenvalue weighted by molar-refractivity contribution is -0.124. The first-order valence-electron chi connectivity index (χ1n) is 6.74. The topological polar surface area (TPSA) is 58.4 Å². The summed E-state index contributed by atoms with van der Waals surface area (Å²) >= 11 is 0. The Kier molecular flexibility index (Phi) is 9.09. The summed E-state index contributed by atoms with van der Waals surface area (Å²) in [5.74, 6) is 0.0841. The summed E-state index contributed by atoms with van der Waals surface area (Å²) in [6, 6.07) is 0.563. The van der Waals surface area contributed by atoms with Crippen molar-refractivity contribution in [2.45, 2.75) is 46.1 Å². The van der Waals surface area contributed by atoms with Crippen molar-refractivity contribution in [3.63, 3.8) is 0 Å². The van der Waals surface area contributed by atoms with Gasteiger partial charge in [0, 0.05) is 25.7 Å². The SMILES string of the molecule is CCCC(CN)C(=O)NCCN(C)C(C)CC. The minimum absolute atomic E-state index is 0.0195. The van der Waals surface area contributed by atoms with E-state index in [0.717, 1.165) is 25.8 Å². The van der Waals surface area contributed by atoms with E-state index in [0.29, 0.717) is 19.1 Å². The molecule has 1 amide bonds. The van der Waals surface area contributed by atoms with E-state index < -0.39 is 0 Å². The van der Waals surface area contributed by atoms with Gasteiger partial charge in [-0.15, -0.1) is 0 Å². The van der Waals surface area contributed by atoms with Crippen LogP contribution in [-0.4, -0.2) is 43.5 Å². The fourth-order valence-corrected chi connectivity index (χ4v) is 1.74. The van der Waals surface area contributed by atoms with Gasteiger partial charge in [0.1, 0.15) is 0 Å². The van der Waals surface area contributed by atoms with Crippen molar-refractivity contribution in [1.82, 2.24) is 10.2 Å². The summed E-state index contributed by atoms with van der Waals surface area (Å²) in [7, 11) is 2.09. The van der Waals surface area contributed by atoms with Crippen LogP contribution in [0.15, 0.2) is 0 Å². The first-order valence-corrected chi connectivity index (χ1v) is 6.74. The Morgan fingerprint density at radius 2 is 2.06 bits per heavy atom. The molecule has 2 atom stereocenters. The highest BCUT2D eigenvalue weighted by Crippen LogP contribution is 2.04. The fraction of sp³-hybridized carbons (Fsp3) is 0.923. The fourth-order valence-electron chi connectivity index (χ4n) is 1.74. The van der Waals surface area contributed by atoms with Crippen molar-refractivity contribution in [1.29, 1.82) is 0 Å². The van der Waals surface area contributed by atoms with Gasteiger partial charge in [0.25, 0.3) is 0 Å². The van der Waals surface area contributed by atoms with Crippen LogP contribution in [0.2, 0.25) is 0 Å². The number of hydrogen-bond donors (Lipinski definition) is 2. The van der Waals surface area contributed by atoms with Crippen LogP contribution < -0.4 is 11.1 Å². The highest BCUT2D eigenvalue weighted by atomic mass is 16.1. The van der Waals surface area contributed by atoms with Gasteiger partial charge in [-0.05, 0) is 26.8 Å². The lowest BCUT2D eigenvalue weighted by atomic mass is 10.0. The Morgan fingerprint density at radius 3 is 2.53 bits per heavy atom. The normalized spacial score (nSPS) is 14.7. The Hall–Kier alpha value is -0.610. The smallest absolute Gasteiger partial charge is 0.224 e. The maximum Gasteiger partial charge on any atom is 0.224 e. The molecular weight excluding hydrogens is 214 g/mol. The molecular formula is C13H29N3O. The van der Waals surface area contributed by atoms with Gasteiger partial charge in [-0.25, -0.2) is 0 Å². The minimum Gasteiger partial charge on any atom is -0.355 e. The number of nitrogens with one attached hydrogen (secondary N) is 1. The van der Waals surface area contributed by atoms with Crippen molar-refractivity contribution in [2.75, 3.05) is 26.7 Å². The van der Waals surface area contributed by atoms with Gasteiger partial charge < -0.3 is 16.0 Å². The van der Waals surface area contributed by atoms with E-state index in [-0.39, 0.29) is 11.8 Å². The first kappa shape index (κ1) is 16.4. The average molecular weight is 243 g/mol. The predicted molar refractivity (Wildman–Crippen MR) is 72.8 cm³/mol. The Bertz CT molecular complexity index is 209. The molecule has 2 unspecified atom stereocenters. The molecule has 0 spiro atoms. The van der Waals surface area contributed by atoms with Crippen LogP contribution in [0.1, 0.15) is 40.0 Å². The number of carbonyl (C=O) groups is 1. The molecule has 0 aliphatic carbocycles.